The van der Waals surface area contributed by atoms with Crippen LogP contribution in [-0.2, 0) is 16.0 Å². The van der Waals surface area contributed by atoms with Crippen LogP contribution in [-0.4, -0.2) is 70.1 Å². The number of nitrogens with one attached hydrogen (secondary N) is 1. The van der Waals surface area contributed by atoms with Gasteiger partial charge in [0.05, 0.1) is 24.3 Å². The van der Waals surface area contributed by atoms with E-state index < -0.39 is 0 Å². The summed E-state index contributed by atoms with van der Waals surface area (Å²) in [5, 5.41) is 4.99. The summed E-state index contributed by atoms with van der Waals surface area (Å²) in [7, 11) is 0. The number of aromatic nitrogens is 2. The number of H-pyrrole nitrogens is 1. The van der Waals surface area contributed by atoms with Crippen LogP contribution in [0.15, 0.2) is 35.0 Å². The molecule has 5 rings (SSSR count). The molecule has 2 aromatic heterocycles. The standard InChI is InChI=1S/C24H28N4O4/c1-16-22(17(2)32-26-16)23(30)27-9-7-24(8-10-27)15-28(11-12-31-24)21(29)13-18-14-25-20-6-4-3-5-19(18)20/h3-6,14,25H,7-13,15H2,1-2H3. The van der Waals surface area contributed by atoms with Crippen molar-refractivity contribution in [1.29, 1.82) is 0 Å². The summed E-state index contributed by atoms with van der Waals surface area (Å²) in [6, 6.07) is 8.04. The van der Waals surface area contributed by atoms with Crippen LogP contribution in [0, 0.1) is 13.8 Å². The van der Waals surface area contributed by atoms with Crippen molar-refractivity contribution in [2.45, 2.75) is 38.7 Å². The van der Waals surface area contributed by atoms with Gasteiger partial charge in [-0.3, -0.25) is 9.59 Å². The Bertz CT molecular complexity index is 1140. The Labute approximate surface area is 186 Å². The number of fused-ring (bicyclic) bond motifs is 1. The highest BCUT2D eigenvalue weighted by molar-refractivity contribution is 5.96. The second-order valence-corrected chi connectivity index (χ2v) is 8.87. The number of carbonyl (C=O) groups is 2. The highest BCUT2D eigenvalue weighted by Gasteiger charge is 2.42. The van der Waals surface area contributed by atoms with E-state index in [-0.39, 0.29) is 17.4 Å². The third-order valence-corrected chi connectivity index (χ3v) is 6.83. The fourth-order valence-electron chi connectivity index (χ4n) is 4.98. The van der Waals surface area contributed by atoms with Crippen LogP contribution in [0.5, 0.6) is 0 Å². The minimum Gasteiger partial charge on any atom is -0.371 e. The van der Waals surface area contributed by atoms with Crippen LogP contribution in [0.3, 0.4) is 0 Å². The number of nitrogens with zero attached hydrogens (tertiary/aromatic N) is 3. The number of para-hydroxylation sites is 1. The number of aromatic amines is 1. The van der Waals surface area contributed by atoms with E-state index in [0.717, 1.165) is 16.5 Å². The third-order valence-electron chi connectivity index (χ3n) is 6.83. The molecule has 0 unspecified atom stereocenters. The Morgan fingerprint density at radius 1 is 1.12 bits per heavy atom. The number of amides is 2. The maximum absolute atomic E-state index is 13.1. The Morgan fingerprint density at radius 3 is 2.66 bits per heavy atom. The van der Waals surface area contributed by atoms with E-state index >= 15 is 0 Å². The molecule has 2 amide bonds. The molecule has 2 aliphatic heterocycles. The molecular formula is C24H28N4O4. The van der Waals surface area contributed by atoms with Gasteiger partial charge in [0.25, 0.3) is 5.91 Å². The second-order valence-electron chi connectivity index (χ2n) is 8.87. The molecule has 0 bridgehead atoms. The van der Waals surface area contributed by atoms with E-state index in [4.69, 9.17) is 9.26 Å². The van der Waals surface area contributed by atoms with Gasteiger partial charge in [0.1, 0.15) is 11.3 Å². The number of benzene rings is 1. The van der Waals surface area contributed by atoms with Crippen molar-refractivity contribution in [3.63, 3.8) is 0 Å². The second kappa shape index (κ2) is 8.09. The summed E-state index contributed by atoms with van der Waals surface area (Å²) in [6.45, 7) is 6.43. The van der Waals surface area contributed by atoms with Gasteiger partial charge < -0.3 is 24.0 Å². The van der Waals surface area contributed by atoms with E-state index in [2.05, 4.69) is 10.1 Å². The predicted octanol–water partition coefficient (Wildman–Crippen LogP) is 2.85. The highest BCUT2D eigenvalue weighted by Crippen LogP contribution is 2.32. The minimum absolute atomic E-state index is 0.0424. The number of aryl methyl sites for hydroxylation is 2. The highest BCUT2D eigenvalue weighted by atomic mass is 16.5. The van der Waals surface area contributed by atoms with Gasteiger partial charge in [-0.2, -0.15) is 0 Å². The molecule has 1 N–H and O–H groups in total. The zero-order chi connectivity index (χ0) is 22.3. The number of rotatable bonds is 3. The van der Waals surface area contributed by atoms with Crippen LogP contribution in [0.4, 0.5) is 0 Å². The summed E-state index contributed by atoms with van der Waals surface area (Å²) in [6.07, 6.45) is 3.71. The summed E-state index contributed by atoms with van der Waals surface area (Å²) >= 11 is 0. The fraction of sp³-hybridized carbons (Fsp3) is 0.458. The van der Waals surface area contributed by atoms with E-state index in [9.17, 15) is 9.59 Å². The SMILES string of the molecule is Cc1noc(C)c1C(=O)N1CCC2(CC1)CN(C(=O)Cc1c[nH]c3ccccc13)CCO2. The Morgan fingerprint density at radius 2 is 1.91 bits per heavy atom. The van der Waals surface area contributed by atoms with E-state index in [1.54, 1.807) is 13.8 Å². The Kier molecular flexibility index (Phi) is 5.25. The number of carbonyl (C=O) groups excluding carboxylic acids is 2. The zero-order valence-corrected chi connectivity index (χ0v) is 18.5. The Balaban J connectivity index is 1.23. The molecule has 8 heteroatoms. The van der Waals surface area contributed by atoms with Crippen molar-refractivity contribution in [2.24, 2.45) is 0 Å². The first-order valence-electron chi connectivity index (χ1n) is 11.1. The molecule has 0 aliphatic carbocycles. The van der Waals surface area contributed by atoms with Crippen LogP contribution >= 0.6 is 0 Å². The van der Waals surface area contributed by atoms with Crippen LogP contribution in [0.25, 0.3) is 10.9 Å². The average Bonchev–Trinajstić information content (AvgIpc) is 3.36. The monoisotopic (exact) mass is 436 g/mol. The van der Waals surface area contributed by atoms with Gasteiger partial charge in [0, 0.05) is 43.3 Å². The number of hydrogen-bond donors (Lipinski definition) is 1. The molecule has 32 heavy (non-hydrogen) atoms. The van der Waals surface area contributed by atoms with Gasteiger partial charge >= 0.3 is 0 Å². The van der Waals surface area contributed by atoms with Crippen LogP contribution < -0.4 is 0 Å². The van der Waals surface area contributed by atoms with Gasteiger partial charge in [-0.05, 0) is 38.3 Å². The molecular weight excluding hydrogens is 408 g/mol. The molecule has 2 fully saturated rings. The molecule has 1 spiro atoms. The van der Waals surface area contributed by atoms with E-state index in [0.29, 0.717) is 69.1 Å². The summed E-state index contributed by atoms with van der Waals surface area (Å²) in [4.78, 5) is 33.1. The lowest BCUT2D eigenvalue weighted by Gasteiger charge is -2.47. The van der Waals surface area contributed by atoms with Crippen molar-refractivity contribution < 1.29 is 18.8 Å². The zero-order valence-electron chi connectivity index (χ0n) is 18.5. The molecule has 8 nitrogen and oxygen atoms in total. The lowest BCUT2D eigenvalue weighted by molar-refractivity contribution is -0.157. The number of piperidine rings is 1. The number of ether oxygens (including phenoxy) is 1. The first kappa shape index (κ1) is 20.8. The van der Waals surface area contributed by atoms with Gasteiger partial charge in [-0.15, -0.1) is 0 Å². The van der Waals surface area contributed by atoms with Gasteiger partial charge in [0.2, 0.25) is 5.91 Å². The molecule has 3 aromatic rings. The molecule has 0 saturated carbocycles. The topological polar surface area (TPSA) is 91.7 Å². The lowest BCUT2D eigenvalue weighted by atomic mass is 9.88. The fourth-order valence-corrected chi connectivity index (χ4v) is 4.98. The maximum Gasteiger partial charge on any atom is 0.259 e. The number of likely N-dealkylation sites (tertiary alicyclic amines) is 1. The third kappa shape index (κ3) is 3.68. The molecule has 2 aliphatic rings. The normalized spacial score (nSPS) is 18.4. The first-order chi connectivity index (χ1) is 15.5. The van der Waals surface area contributed by atoms with E-state index in [1.165, 1.54) is 0 Å². The molecule has 2 saturated heterocycles. The van der Waals surface area contributed by atoms with Crippen molar-refractivity contribution in [2.75, 3.05) is 32.8 Å². The summed E-state index contributed by atoms with van der Waals surface area (Å²) in [5.74, 6) is 0.626. The summed E-state index contributed by atoms with van der Waals surface area (Å²) in [5.41, 5.74) is 2.86. The van der Waals surface area contributed by atoms with Crippen molar-refractivity contribution in [1.82, 2.24) is 19.9 Å². The van der Waals surface area contributed by atoms with E-state index in [1.807, 2.05) is 40.3 Å². The minimum atomic E-state index is -0.385. The molecule has 1 aromatic carbocycles. The quantitative estimate of drug-likeness (QED) is 0.682. The van der Waals surface area contributed by atoms with Gasteiger partial charge in [-0.1, -0.05) is 23.4 Å². The molecule has 4 heterocycles. The molecule has 168 valence electrons. The lowest BCUT2D eigenvalue weighted by Crippen LogP contribution is -2.58. The van der Waals surface area contributed by atoms with Crippen molar-refractivity contribution in [3.05, 3.63) is 53.0 Å². The van der Waals surface area contributed by atoms with Crippen molar-refractivity contribution >= 4 is 22.7 Å². The Hall–Kier alpha value is -3.13. The number of hydrogen-bond acceptors (Lipinski definition) is 5. The van der Waals surface area contributed by atoms with Gasteiger partial charge in [-0.25, -0.2) is 0 Å². The van der Waals surface area contributed by atoms with Gasteiger partial charge in [0.15, 0.2) is 0 Å². The predicted molar refractivity (Wildman–Crippen MR) is 118 cm³/mol. The van der Waals surface area contributed by atoms with Crippen LogP contribution in [0.2, 0.25) is 0 Å². The number of morpholine rings is 1. The van der Waals surface area contributed by atoms with Crippen molar-refractivity contribution in [3.8, 4) is 0 Å². The molecule has 0 radical (unpaired) electrons. The largest absolute Gasteiger partial charge is 0.371 e. The first-order valence-corrected chi connectivity index (χ1v) is 11.1. The van der Waals surface area contributed by atoms with Crippen LogP contribution in [0.1, 0.15) is 40.2 Å². The summed E-state index contributed by atoms with van der Waals surface area (Å²) < 4.78 is 11.3. The molecule has 0 atom stereocenters. The average molecular weight is 437 g/mol. The maximum atomic E-state index is 13.1. The smallest absolute Gasteiger partial charge is 0.259 e.